The van der Waals surface area contributed by atoms with Crippen LogP contribution in [0.4, 0.5) is 4.39 Å². The van der Waals surface area contributed by atoms with Crippen LogP contribution in [0.1, 0.15) is 43.1 Å². The van der Waals surface area contributed by atoms with Crippen molar-refractivity contribution in [1.82, 2.24) is 10.6 Å². The second-order valence-electron chi connectivity index (χ2n) is 9.23. The van der Waals surface area contributed by atoms with E-state index in [1.54, 1.807) is 26.0 Å². The molecule has 0 aromatic heterocycles. The number of carboxylic acids is 1. The Balaban J connectivity index is 2.15. The second-order valence-corrected chi connectivity index (χ2v) is 9.23. The zero-order valence-corrected chi connectivity index (χ0v) is 22.9. The van der Waals surface area contributed by atoms with Crippen molar-refractivity contribution in [2.24, 2.45) is 5.92 Å². The van der Waals surface area contributed by atoms with Crippen LogP contribution in [0.2, 0.25) is 0 Å². The number of carbonyl (C=O) groups is 5. The number of methoxy groups -OCH3 is 2. The molecule has 216 valence electrons. The van der Waals surface area contributed by atoms with Gasteiger partial charge in [0, 0.05) is 11.1 Å². The Morgan fingerprint density at radius 2 is 1.65 bits per heavy atom. The van der Waals surface area contributed by atoms with Crippen molar-refractivity contribution in [3.8, 4) is 17.2 Å². The fourth-order valence-corrected chi connectivity index (χ4v) is 3.78. The minimum absolute atomic E-state index is 0.0275. The number of amides is 2. The van der Waals surface area contributed by atoms with Crippen LogP contribution in [-0.2, 0) is 25.6 Å². The van der Waals surface area contributed by atoms with Gasteiger partial charge in [-0.2, -0.15) is 0 Å². The van der Waals surface area contributed by atoms with Gasteiger partial charge in [0.1, 0.15) is 24.4 Å². The lowest BCUT2D eigenvalue weighted by atomic mass is 10.0. The molecule has 12 heteroatoms. The lowest BCUT2D eigenvalue weighted by Crippen LogP contribution is -2.54. The number of benzene rings is 2. The summed E-state index contributed by atoms with van der Waals surface area (Å²) in [5.41, 5.74) is 0.808. The number of carboxylic acid groups (broad SMARTS) is 1. The lowest BCUT2D eigenvalue weighted by molar-refractivity contribution is -0.141. The molecule has 0 saturated carbocycles. The van der Waals surface area contributed by atoms with E-state index in [2.05, 4.69) is 10.6 Å². The number of ether oxygens (including phenoxy) is 3. The van der Waals surface area contributed by atoms with E-state index in [9.17, 15) is 33.5 Å². The molecular formula is C28H33FN2O9. The van der Waals surface area contributed by atoms with Crippen LogP contribution in [0.15, 0.2) is 36.4 Å². The SMILES string of the molecule is COc1ccc(C(C)=O)cc1CC(=O)N[C@H](C(=O)N[C@@H](CC(=O)O)C(=O)COc1c(F)cccc1OC)C(C)C. The van der Waals surface area contributed by atoms with Gasteiger partial charge in [-0.05, 0) is 43.2 Å². The molecule has 0 heterocycles. The van der Waals surface area contributed by atoms with Crippen molar-refractivity contribution in [3.05, 3.63) is 53.3 Å². The summed E-state index contributed by atoms with van der Waals surface area (Å²) in [5.74, 6) is -4.94. The normalized spacial score (nSPS) is 12.2. The number of rotatable bonds is 15. The molecule has 0 saturated heterocycles. The molecule has 0 spiro atoms. The van der Waals surface area contributed by atoms with Crippen LogP contribution in [0, 0.1) is 11.7 Å². The minimum Gasteiger partial charge on any atom is -0.496 e. The second kappa shape index (κ2) is 14.6. The Kier molecular flexibility index (Phi) is 11.6. The Hall–Kier alpha value is -4.48. The molecule has 2 amide bonds. The topological polar surface area (TPSA) is 157 Å². The Bertz CT molecular complexity index is 1260. The highest BCUT2D eigenvalue weighted by molar-refractivity contribution is 5.96. The average Bonchev–Trinajstić information content (AvgIpc) is 2.89. The van der Waals surface area contributed by atoms with Gasteiger partial charge in [0.2, 0.25) is 11.8 Å². The number of nitrogens with one attached hydrogen (secondary N) is 2. The van der Waals surface area contributed by atoms with E-state index >= 15 is 0 Å². The van der Waals surface area contributed by atoms with Crippen molar-refractivity contribution < 1.29 is 47.7 Å². The summed E-state index contributed by atoms with van der Waals surface area (Å²) in [7, 11) is 2.70. The van der Waals surface area contributed by atoms with E-state index in [0.717, 1.165) is 6.07 Å². The lowest BCUT2D eigenvalue weighted by Gasteiger charge is -2.25. The molecule has 0 aliphatic rings. The molecule has 0 bridgehead atoms. The number of para-hydroxylation sites is 1. The first-order chi connectivity index (χ1) is 18.9. The van der Waals surface area contributed by atoms with Gasteiger partial charge in [0.15, 0.2) is 28.9 Å². The molecule has 3 N–H and O–H groups in total. The van der Waals surface area contributed by atoms with Crippen LogP contribution in [-0.4, -0.2) is 67.4 Å². The maximum atomic E-state index is 14.1. The van der Waals surface area contributed by atoms with Crippen LogP contribution in [0.3, 0.4) is 0 Å². The number of aliphatic carboxylic acids is 1. The van der Waals surface area contributed by atoms with Crippen LogP contribution >= 0.6 is 0 Å². The zero-order chi connectivity index (χ0) is 30.0. The highest BCUT2D eigenvalue weighted by Gasteiger charge is 2.31. The van der Waals surface area contributed by atoms with E-state index in [-0.39, 0.29) is 23.7 Å². The molecular weight excluding hydrogens is 527 g/mol. The Labute approximate surface area is 231 Å². The highest BCUT2D eigenvalue weighted by Crippen LogP contribution is 2.29. The van der Waals surface area contributed by atoms with Gasteiger partial charge in [0.05, 0.1) is 27.1 Å². The molecule has 2 atom stereocenters. The number of Topliss-reactive ketones (excluding diaryl/α,β-unsaturated/α-hetero) is 2. The van der Waals surface area contributed by atoms with E-state index in [0.29, 0.717) is 16.9 Å². The van der Waals surface area contributed by atoms with Gasteiger partial charge in [-0.25, -0.2) is 4.39 Å². The zero-order valence-electron chi connectivity index (χ0n) is 22.9. The number of hydrogen-bond donors (Lipinski definition) is 3. The largest absolute Gasteiger partial charge is 0.496 e. The van der Waals surface area contributed by atoms with Gasteiger partial charge in [0.25, 0.3) is 0 Å². The van der Waals surface area contributed by atoms with Crippen molar-refractivity contribution >= 4 is 29.4 Å². The van der Waals surface area contributed by atoms with Crippen LogP contribution < -0.4 is 24.8 Å². The number of ketones is 2. The molecule has 0 fully saturated rings. The first-order valence-electron chi connectivity index (χ1n) is 12.3. The fourth-order valence-electron chi connectivity index (χ4n) is 3.78. The monoisotopic (exact) mass is 560 g/mol. The third-order valence-electron chi connectivity index (χ3n) is 5.90. The van der Waals surface area contributed by atoms with E-state index < -0.39 is 60.4 Å². The highest BCUT2D eigenvalue weighted by atomic mass is 19.1. The summed E-state index contributed by atoms with van der Waals surface area (Å²) in [5, 5.41) is 14.3. The van der Waals surface area contributed by atoms with Crippen molar-refractivity contribution in [3.63, 3.8) is 0 Å². The average molecular weight is 561 g/mol. The number of halogens is 1. The minimum atomic E-state index is -1.52. The molecule has 2 aromatic carbocycles. The van der Waals surface area contributed by atoms with Gasteiger partial charge in [-0.15, -0.1) is 0 Å². The third-order valence-corrected chi connectivity index (χ3v) is 5.90. The van der Waals surface area contributed by atoms with Gasteiger partial charge in [-0.1, -0.05) is 19.9 Å². The summed E-state index contributed by atoms with van der Waals surface area (Å²) in [6.07, 6.45) is -0.979. The molecule has 0 aliphatic carbocycles. The van der Waals surface area contributed by atoms with Crippen LogP contribution in [0.5, 0.6) is 17.2 Å². The van der Waals surface area contributed by atoms with Crippen molar-refractivity contribution in [2.45, 2.75) is 45.7 Å². The summed E-state index contributed by atoms with van der Waals surface area (Å²) in [6, 6.07) is 5.90. The van der Waals surface area contributed by atoms with Crippen molar-refractivity contribution in [1.29, 1.82) is 0 Å². The van der Waals surface area contributed by atoms with E-state index in [4.69, 9.17) is 14.2 Å². The smallest absolute Gasteiger partial charge is 0.305 e. The third kappa shape index (κ3) is 8.79. The molecule has 0 unspecified atom stereocenters. The summed E-state index contributed by atoms with van der Waals surface area (Å²) in [6.45, 7) is 3.95. The maximum Gasteiger partial charge on any atom is 0.305 e. The maximum absolute atomic E-state index is 14.1. The number of hydrogen-bond acceptors (Lipinski definition) is 8. The van der Waals surface area contributed by atoms with Crippen LogP contribution in [0.25, 0.3) is 0 Å². The van der Waals surface area contributed by atoms with Gasteiger partial charge in [-0.3, -0.25) is 24.0 Å². The molecule has 0 aliphatic heterocycles. The summed E-state index contributed by atoms with van der Waals surface area (Å²) in [4.78, 5) is 62.0. The molecule has 11 nitrogen and oxygen atoms in total. The first kappa shape index (κ1) is 31.7. The fraction of sp³-hybridized carbons (Fsp3) is 0.393. The predicted octanol–water partition coefficient (Wildman–Crippen LogP) is 2.34. The number of carbonyl (C=O) groups excluding carboxylic acids is 4. The Morgan fingerprint density at radius 3 is 2.23 bits per heavy atom. The first-order valence-corrected chi connectivity index (χ1v) is 12.3. The predicted molar refractivity (Wildman–Crippen MR) is 141 cm³/mol. The molecule has 40 heavy (non-hydrogen) atoms. The van der Waals surface area contributed by atoms with Crippen molar-refractivity contribution in [2.75, 3.05) is 20.8 Å². The van der Waals surface area contributed by atoms with Gasteiger partial charge < -0.3 is 30.0 Å². The van der Waals surface area contributed by atoms with Gasteiger partial charge >= 0.3 is 5.97 Å². The van der Waals surface area contributed by atoms with E-state index in [1.165, 1.54) is 39.3 Å². The summed E-state index contributed by atoms with van der Waals surface area (Å²) < 4.78 is 29.7. The standard InChI is InChI=1S/C28H33FN2O9/c1-15(2)26(31-24(34)12-18-11-17(16(3)32)9-10-22(18)38-4)28(37)30-20(13-25(35)36)21(33)14-40-27-19(29)7-6-8-23(27)39-5/h6-11,15,20,26H,12-14H2,1-5H3,(H,30,37)(H,31,34)(H,35,36)/t20-,26-/m0/s1. The quantitative estimate of drug-likeness (QED) is 0.278. The molecule has 2 rings (SSSR count). The molecule has 2 aromatic rings. The molecule has 0 radical (unpaired) electrons. The summed E-state index contributed by atoms with van der Waals surface area (Å²) >= 11 is 0. The Morgan fingerprint density at radius 1 is 0.975 bits per heavy atom. The van der Waals surface area contributed by atoms with E-state index in [1.807, 2.05) is 0 Å².